The van der Waals surface area contributed by atoms with Gasteiger partial charge in [-0.3, -0.25) is 4.79 Å². The zero-order valence-corrected chi connectivity index (χ0v) is 12.0. The number of carbonyl (C=O) groups excluding carboxylic acids is 1. The van der Waals surface area contributed by atoms with Crippen molar-refractivity contribution in [3.63, 3.8) is 0 Å². The highest BCUT2D eigenvalue weighted by Crippen LogP contribution is 2.22. The lowest BCUT2D eigenvalue weighted by atomic mass is 10.0. The van der Waals surface area contributed by atoms with Crippen molar-refractivity contribution in [3.8, 4) is 0 Å². The number of nitrogens with one attached hydrogen (secondary N) is 2. The third-order valence-electron chi connectivity index (χ3n) is 3.03. The van der Waals surface area contributed by atoms with Gasteiger partial charge in [0.1, 0.15) is 0 Å². The second-order valence-corrected chi connectivity index (χ2v) is 4.83. The quantitative estimate of drug-likeness (QED) is 0.684. The van der Waals surface area contributed by atoms with Gasteiger partial charge in [0, 0.05) is 19.7 Å². The Morgan fingerprint density at radius 2 is 2.11 bits per heavy atom. The van der Waals surface area contributed by atoms with Gasteiger partial charge in [-0.1, -0.05) is 13.8 Å². The van der Waals surface area contributed by atoms with E-state index in [1.807, 2.05) is 0 Å². The summed E-state index contributed by atoms with van der Waals surface area (Å²) in [4.78, 5) is 11.6. The maximum Gasteiger partial charge on any atom is 0.251 e. The van der Waals surface area contributed by atoms with Crippen LogP contribution in [0.2, 0.25) is 0 Å². The summed E-state index contributed by atoms with van der Waals surface area (Å²) in [5, 5.41) is 5.93. The molecule has 0 aliphatic heterocycles. The number of hydrogen-bond acceptors (Lipinski definition) is 4. The van der Waals surface area contributed by atoms with E-state index in [0.717, 1.165) is 5.69 Å². The van der Waals surface area contributed by atoms with Gasteiger partial charge in [0.05, 0.1) is 24.0 Å². The summed E-state index contributed by atoms with van der Waals surface area (Å²) in [5.74, 6) is 0.263. The molecule has 0 radical (unpaired) electrons. The van der Waals surface area contributed by atoms with Crippen LogP contribution in [-0.4, -0.2) is 32.7 Å². The topological polar surface area (TPSA) is 76.4 Å². The molecule has 0 heterocycles. The largest absolute Gasteiger partial charge is 0.397 e. The molecule has 0 saturated carbocycles. The van der Waals surface area contributed by atoms with Gasteiger partial charge in [-0.2, -0.15) is 0 Å². The number of nitrogens with two attached hydrogens (primary N) is 1. The monoisotopic (exact) mass is 265 g/mol. The van der Waals surface area contributed by atoms with E-state index in [1.165, 1.54) is 0 Å². The summed E-state index contributed by atoms with van der Waals surface area (Å²) in [6.45, 7) is 4.80. The van der Waals surface area contributed by atoms with Crippen LogP contribution >= 0.6 is 0 Å². The SMILES string of the molecule is CNC(=O)c1ccc(N)c(NC(COC)C(C)C)c1. The molecule has 1 aromatic carbocycles. The second-order valence-electron chi connectivity index (χ2n) is 4.83. The molecule has 106 valence electrons. The van der Waals surface area contributed by atoms with E-state index in [2.05, 4.69) is 24.5 Å². The molecular formula is C14H23N3O2. The van der Waals surface area contributed by atoms with Crippen molar-refractivity contribution >= 4 is 17.3 Å². The summed E-state index contributed by atoms with van der Waals surface area (Å²) in [7, 11) is 3.27. The number of anilines is 2. The first-order chi connectivity index (χ1) is 8.99. The summed E-state index contributed by atoms with van der Waals surface area (Å²) in [5.41, 5.74) is 7.90. The molecule has 4 N–H and O–H groups in total. The first-order valence-electron chi connectivity index (χ1n) is 6.36. The van der Waals surface area contributed by atoms with E-state index in [-0.39, 0.29) is 11.9 Å². The molecule has 1 amide bonds. The summed E-state index contributed by atoms with van der Waals surface area (Å²) in [6.07, 6.45) is 0. The van der Waals surface area contributed by atoms with Crippen LogP contribution < -0.4 is 16.4 Å². The highest BCUT2D eigenvalue weighted by Gasteiger charge is 2.15. The number of amides is 1. The second kappa shape index (κ2) is 6.99. The van der Waals surface area contributed by atoms with E-state index >= 15 is 0 Å². The van der Waals surface area contributed by atoms with Crippen molar-refractivity contribution in [1.82, 2.24) is 5.32 Å². The molecule has 0 aliphatic carbocycles. The van der Waals surface area contributed by atoms with E-state index < -0.39 is 0 Å². The third-order valence-corrected chi connectivity index (χ3v) is 3.03. The van der Waals surface area contributed by atoms with Crippen LogP contribution in [0.25, 0.3) is 0 Å². The van der Waals surface area contributed by atoms with E-state index in [9.17, 15) is 4.79 Å². The lowest BCUT2D eigenvalue weighted by Crippen LogP contribution is -2.31. The maximum atomic E-state index is 11.6. The number of ether oxygens (including phenoxy) is 1. The number of carbonyl (C=O) groups is 1. The Bertz CT molecular complexity index is 433. The molecule has 19 heavy (non-hydrogen) atoms. The first-order valence-corrected chi connectivity index (χ1v) is 6.36. The number of methoxy groups -OCH3 is 1. The molecule has 1 atom stereocenters. The van der Waals surface area contributed by atoms with Gasteiger partial charge in [0.25, 0.3) is 5.91 Å². The molecule has 5 heteroatoms. The smallest absolute Gasteiger partial charge is 0.251 e. The minimum Gasteiger partial charge on any atom is -0.397 e. The lowest BCUT2D eigenvalue weighted by molar-refractivity contribution is 0.0963. The van der Waals surface area contributed by atoms with Crippen molar-refractivity contribution < 1.29 is 9.53 Å². The normalized spacial score (nSPS) is 12.3. The van der Waals surface area contributed by atoms with Crippen LogP contribution in [0, 0.1) is 5.92 Å². The average Bonchev–Trinajstić information content (AvgIpc) is 2.39. The Morgan fingerprint density at radius 3 is 2.63 bits per heavy atom. The van der Waals surface area contributed by atoms with Crippen LogP contribution in [0.15, 0.2) is 18.2 Å². The minimum absolute atomic E-state index is 0.129. The molecule has 0 aromatic heterocycles. The standard InChI is InChI=1S/C14H23N3O2/c1-9(2)13(8-19-4)17-12-7-10(14(18)16-3)5-6-11(12)15/h5-7,9,13,17H,8,15H2,1-4H3,(H,16,18). The van der Waals surface area contributed by atoms with Crippen molar-refractivity contribution in [1.29, 1.82) is 0 Å². The van der Waals surface area contributed by atoms with E-state index in [0.29, 0.717) is 23.8 Å². The van der Waals surface area contributed by atoms with Crippen molar-refractivity contribution in [3.05, 3.63) is 23.8 Å². The summed E-state index contributed by atoms with van der Waals surface area (Å²) < 4.78 is 5.19. The van der Waals surface area contributed by atoms with Gasteiger partial charge in [-0.25, -0.2) is 0 Å². The molecule has 1 unspecified atom stereocenters. The van der Waals surface area contributed by atoms with Gasteiger partial charge in [0.2, 0.25) is 0 Å². The number of rotatable bonds is 6. The minimum atomic E-state index is -0.129. The van der Waals surface area contributed by atoms with Gasteiger partial charge < -0.3 is 21.1 Å². The Balaban J connectivity index is 2.95. The predicted octanol–water partition coefficient (Wildman–Crippen LogP) is 1.71. The van der Waals surface area contributed by atoms with Crippen molar-refractivity contribution in [2.24, 2.45) is 5.92 Å². The van der Waals surface area contributed by atoms with Crippen LogP contribution in [0.1, 0.15) is 24.2 Å². The van der Waals surface area contributed by atoms with Gasteiger partial charge in [-0.15, -0.1) is 0 Å². The maximum absolute atomic E-state index is 11.6. The molecule has 5 nitrogen and oxygen atoms in total. The molecule has 0 saturated heterocycles. The fraction of sp³-hybridized carbons (Fsp3) is 0.500. The highest BCUT2D eigenvalue weighted by molar-refractivity contribution is 5.96. The van der Waals surface area contributed by atoms with Crippen LogP contribution in [0.4, 0.5) is 11.4 Å². The molecule has 0 aliphatic rings. The summed E-state index contributed by atoms with van der Waals surface area (Å²) in [6, 6.07) is 5.35. The molecule has 0 fully saturated rings. The highest BCUT2D eigenvalue weighted by atomic mass is 16.5. The fourth-order valence-electron chi connectivity index (χ4n) is 1.75. The van der Waals surface area contributed by atoms with Gasteiger partial charge >= 0.3 is 0 Å². The lowest BCUT2D eigenvalue weighted by Gasteiger charge is -2.24. The Kier molecular flexibility index (Phi) is 5.63. The van der Waals surface area contributed by atoms with E-state index in [4.69, 9.17) is 10.5 Å². The van der Waals surface area contributed by atoms with Gasteiger partial charge in [-0.05, 0) is 24.1 Å². The Labute approximate surface area is 114 Å². The molecule has 1 rings (SSSR count). The van der Waals surface area contributed by atoms with Crippen LogP contribution in [0.3, 0.4) is 0 Å². The number of hydrogen-bond donors (Lipinski definition) is 3. The van der Waals surface area contributed by atoms with Crippen LogP contribution in [0.5, 0.6) is 0 Å². The van der Waals surface area contributed by atoms with Crippen molar-refractivity contribution in [2.45, 2.75) is 19.9 Å². The number of benzene rings is 1. The summed E-state index contributed by atoms with van der Waals surface area (Å²) >= 11 is 0. The first kappa shape index (κ1) is 15.3. The predicted molar refractivity (Wildman–Crippen MR) is 78.4 cm³/mol. The molecular weight excluding hydrogens is 242 g/mol. The third kappa shape index (κ3) is 4.13. The van der Waals surface area contributed by atoms with E-state index in [1.54, 1.807) is 32.4 Å². The molecule has 0 bridgehead atoms. The molecule has 0 spiro atoms. The Hall–Kier alpha value is -1.75. The van der Waals surface area contributed by atoms with Gasteiger partial charge in [0.15, 0.2) is 0 Å². The average molecular weight is 265 g/mol. The zero-order valence-electron chi connectivity index (χ0n) is 12.0. The number of nitrogen functional groups attached to an aromatic ring is 1. The van der Waals surface area contributed by atoms with Crippen molar-refractivity contribution in [2.75, 3.05) is 31.8 Å². The van der Waals surface area contributed by atoms with Crippen LogP contribution in [-0.2, 0) is 4.74 Å². The molecule has 1 aromatic rings. The zero-order chi connectivity index (χ0) is 14.4. The Morgan fingerprint density at radius 1 is 1.42 bits per heavy atom. The fourth-order valence-corrected chi connectivity index (χ4v) is 1.75.